The Kier molecular flexibility index (Phi) is 4.94. The molecular weight excluding hydrogens is 270 g/mol. The molecule has 0 aromatic carbocycles. The smallest absolute Gasteiger partial charge is 0.305 e. The van der Waals surface area contributed by atoms with Crippen molar-refractivity contribution < 1.29 is 14.7 Å². The number of amides is 1. The molecule has 1 saturated heterocycles. The molecule has 0 saturated carbocycles. The second-order valence-corrected chi connectivity index (χ2v) is 5.72. The van der Waals surface area contributed by atoms with E-state index >= 15 is 0 Å². The van der Waals surface area contributed by atoms with Gasteiger partial charge < -0.3 is 10.0 Å². The third kappa shape index (κ3) is 4.28. The van der Waals surface area contributed by atoms with E-state index in [2.05, 4.69) is 16.1 Å². The molecule has 1 fully saturated rings. The van der Waals surface area contributed by atoms with Gasteiger partial charge in [0.15, 0.2) is 5.66 Å². The van der Waals surface area contributed by atoms with Crippen LogP contribution in [-0.2, 0) is 9.59 Å². The van der Waals surface area contributed by atoms with Gasteiger partial charge in [-0.05, 0) is 19.3 Å². The average Bonchev–Trinajstić information content (AvgIpc) is 3.23. The first-order chi connectivity index (χ1) is 10.1. The summed E-state index contributed by atoms with van der Waals surface area (Å²) in [5.74, 6) is 1.73. The van der Waals surface area contributed by atoms with E-state index in [0.29, 0.717) is 32.2 Å². The van der Waals surface area contributed by atoms with Gasteiger partial charge in [-0.2, -0.15) is 10.2 Å². The summed E-state index contributed by atoms with van der Waals surface area (Å²) in [4.78, 5) is 25.0. The average molecular weight is 291 g/mol. The molecule has 0 bridgehead atoms. The van der Waals surface area contributed by atoms with E-state index in [0.717, 1.165) is 19.3 Å². The van der Waals surface area contributed by atoms with E-state index in [-0.39, 0.29) is 18.4 Å². The van der Waals surface area contributed by atoms with Crippen molar-refractivity contribution in [3.8, 4) is 12.3 Å². The third-order valence-electron chi connectivity index (χ3n) is 4.15. The summed E-state index contributed by atoms with van der Waals surface area (Å²) < 4.78 is 0. The highest BCUT2D eigenvalue weighted by Gasteiger charge is 2.40. The molecule has 0 radical (unpaired) electrons. The Bertz CT molecular complexity index is 475. The molecule has 0 aromatic heterocycles. The summed E-state index contributed by atoms with van der Waals surface area (Å²) in [6.07, 6.45) is 10.2. The SMILES string of the molecule is C#CCCC1(CCC(=O)N2CCCCC2CC(=O)O)N=N1. The summed E-state index contributed by atoms with van der Waals surface area (Å²) in [6.45, 7) is 0.655. The van der Waals surface area contributed by atoms with Gasteiger partial charge in [-0.1, -0.05) is 0 Å². The van der Waals surface area contributed by atoms with Crippen LogP contribution in [-0.4, -0.2) is 40.1 Å². The van der Waals surface area contributed by atoms with Crippen LogP contribution in [0.15, 0.2) is 10.2 Å². The maximum atomic E-state index is 12.3. The number of carbonyl (C=O) groups is 2. The van der Waals surface area contributed by atoms with Gasteiger partial charge in [0.05, 0.1) is 6.42 Å². The molecule has 1 amide bonds. The summed E-state index contributed by atoms with van der Waals surface area (Å²) in [5.41, 5.74) is -0.444. The van der Waals surface area contributed by atoms with Gasteiger partial charge >= 0.3 is 5.97 Å². The predicted molar refractivity (Wildman–Crippen MR) is 76.5 cm³/mol. The number of likely N-dealkylation sites (tertiary alicyclic amines) is 1. The largest absolute Gasteiger partial charge is 0.481 e. The molecular formula is C15H21N3O3. The Morgan fingerprint density at radius 3 is 2.71 bits per heavy atom. The zero-order valence-electron chi connectivity index (χ0n) is 12.1. The van der Waals surface area contributed by atoms with Gasteiger partial charge in [-0.25, -0.2) is 0 Å². The highest BCUT2D eigenvalue weighted by atomic mass is 16.4. The van der Waals surface area contributed by atoms with E-state index in [9.17, 15) is 9.59 Å². The fourth-order valence-electron chi connectivity index (χ4n) is 2.86. The molecule has 21 heavy (non-hydrogen) atoms. The second kappa shape index (κ2) is 6.70. The Labute approximate surface area is 124 Å². The van der Waals surface area contributed by atoms with Crippen molar-refractivity contribution in [1.29, 1.82) is 0 Å². The fraction of sp³-hybridized carbons (Fsp3) is 0.733. The Morgan fingerprint density at radius 2 is 2.10 bits per heavy atom. The Morgan fingerprint density at radius 1 is 1.33 bits per heavy atom. The molecule has 2 rings (SSSR count). The molecule has 1 N–H and O–H groups in total. The lowest BCUT2D eigenvalue weighted by Crippen LogP contribution is -2.45. The van der Waals surface area contributed by atoms with Crippen LogP contribution in [0, 0.1) is 12.3 Å². The summed E-state index contributed by atoms with van der Waals surface area (Å²) >= 11 is 0. The first kappa shape index (κ1) is 15.5. The van der Waals surface area contributed by atoms with Gasteiger partial charge in [0.2, 0.25) is 5.91 Å². The predicted octanol–water partition coefficient (Wildman–Crippen LogP) is 2.20. The number of carboxylic acids is 1. The van der Waals surface area contributed by atoms with E-state index in [1.165, 1.54) is 0 Å². The normalized spacial score (nSPS) is 22.6. The molecule has 6 nitrogen and oxygen atoms in total. The summed E-state index contributed by atoms with van der Waals surface area (Å²) in [5, 5.41) is 17.0. The van der Waals surface area contributed by atoms with E-state index < -0.39 is 11.6 Å². The molecule has 2 aliphatic heterocycles. The first-order valence-corrected chi connectivity index (χ1v) is 7.45. The number of hydrogen-bond acceptors (Lipinski definition) is 4. The lowest BCUT2D eigenvalue weighted by atomic mass is 9.97. The van der Waals surface area contributed by atoms with Crippen molar-refractivity contribution in [2.45, 2.75) is 63.1 Å². The summed E-state index contributed by atoms with van der Waals surface area (Å²) in [7, 11) is 0. The van der Waals surface area contributed by atoms with Gasteiger partial charge in [-0.3, -0.25) is 9.59 Å². The van der Waals surface area contributed by atoms with Crippen LogP contribution < -0.4 is 0 Å². The van der Waals surface area contributed by atoms with Crippen LogP contribution in [0.25, 0.3) is 0 Å². The maximum absolute atomic E-state index is 12.3. The van der Waals surface area contributed by atoms with E-state index in [1.807, 2.05) is 0 Å². The lowest BCUT2D eigenvalue weighted by Gasteiger charge is -2.35. The van der Waals surface area contributed by atoms with Crippen molar-refractivity contribution >= 4 is 11.9 Å². The minimum Gasteiger partial charge on any atom is -0.481 e. The highest BCUT2D eigenvalue weighted by molar-refractivity contribution is 5.78. The monoisotopic (exact) mass is 291 g/mol. The molecule has 1 atom stereocenters. The van der Waals surface area contributed by atoms with Crippen molar-refractivity contribution in [2.24, 2.45) is 10.2 Å². The minimum atomic E-state index is -0.850. The van der Waals surface area contributed by atoms with Crippen LogP contribution in [0.4, 0.5) is 0 Å². The van der Waals surface area contributed by atoms with Crippen molar-refractivity contribution in [3.63, 3.8) is 0 Å². The minimum absolute atomic E-state index is 0.0123. The third-order valence-corrected chi connectivity index (χ3v) is 4.15. The van der Waals surface area contributed by atoms with Crippen molar-refractivity contribution in [3.05, 3.63) is 0 Å². The number of nitrogens with zero attached hydrogens (tertiary/aromatic N) is 3. The van der Waals surface area contributed by atoms with Gasteiger partial charge in [0.25, 0.3) is 0 Å². The molecule has 2 aliphatic rings. The maximum Gasteiger partial charge on any atom is 0.305 e. The second-order valence-electron chi connectivity index (χ2n) is 5.72. The van der Waals surface area contributed by atoms with Crippen LogP contribution in [0.1, 0.15) is 51.4 Å². The number of carboxylic acid groups (broad SMARTS) is 1. The number of hydrogen-bond donors (Lipinski definition) is 1. The quantitative estimate of drug-likeness (QED) is 0.730. The Balaban J connectivity index is 1.83. The first-order valence-electron chi connectivity index (χ1n) is 7.45. The molecule has 0 spiro atoms. The Hall–Kier alpha value is -1.90. The molecule has 0 aliphatic carbocycles. The molecule has 114 valence electrons. The molecule has 1 unspecified atom stereocenters. The number of carbonyl (C=O) groups excluding carboxylic acids is 1. The molecule has 2 heterocycles. The van der Waals surface area contributed by atoms with Crippen molar-refractivity contribution in [1.82, 2.24) is 4.90 Å². The van der Waals surface area contributed by atoms with Crippen LogP contribution >= 0.6 is 0 Å². The van der Waals surface area contributed by atoms with Gasteiger partial charge in [-0.15, -0.1) is 12.3 Å². The van der Waals surface area contributed by atoms with Crippen LogP contribution in [0.3, 0.4) is 0 Å². The van der Waals surface area contributed by atoms with Crippen LogP contribution in [0.5, 0.6) is 0 Å². The molecule has 6 heteroatoms. The zero-order chi connectivity index (χ0) is 15.3. The van der Waals surface area contributed by atoms with E-state index in [1.54, 1.807) is 4.90 Å². The van der Waals surface area contributed by atoms with Gasteiger partial charge in [0, 0.05) is 38.3 Å². The van der Waals surface area contributed by atoms with E-state index in [4.69, 9.17) is 11.5 Å². The fourth-order valence-corrected chi connectivity index (χ4v) is 2.86. The standard InChI is InChI=1S/C15H21N3O3/c1-2-3-8-15(16-17-15)9-7-13(19)18-10-5-4-6-12(18)11-14(20)21/h1,12H,3-11H2,(H,20,21). The zero-order valence-corrected chi connectivity index (χ0v) is 12.1. The highest BCUT2D eigenvalue weighted by Crippen LogP contribution is 2.38. The number of aliphatic carboxylic acids is 1. The lowest BCUT2D eigenvalue weighted by molar-refractivity contribution is -0.142. The number of rotatable bonds is 7. The number of terminal acetylenes is 1. The summed E-state index contributed by atoms with van der Waals surface area (Å²) in [6, 6.07) is -0.168. The van der Waals surface area contributed by atoms with Crippen molar-refractivity contribution in [2.75, 3.05) is 6.54 Å². The van der Waals surface area contributed by atoms with Crippen LogP contribution in [0.2, 0.25) is 0 Å². The number of piperidine rings is 1. The van der Waals surface area contributed by atoms with Gasteiger partial charge in [0.1, 0.15) is 0 Å². The topological polar surface area (TPSA) is 82.3 Å². The molecule has 0 aromatic rings.